The second-order valence-electron chi connectivity index (χ2n) is 3.05. The van der Waals surface area contributed by atoms with Crippen LogP contribution in [0.1, 0.15) is 0 Å². The second-order valence-corrected chi connectivity index (χ2v) is 3.93. The summed E-state index contributed by atoms with van der Waals surface area (Å²) in [4.78, 5) is 1.24. The van der Waals surface area contributed by atoms with Gasteiger partial charge in [0.1, 0.15) is 5.75 Å². The molecule has 2 aromatic carbocycles. The van der Waals surface area contributed by atoms with Crippen LogP contribution in [0.25, 0.3) is 10.8 Å². The van der Waals surface area contributed by atoms with Crippen molar-refractivity contribution in [1.82, 2.24) is 0 Å². The van der Waals surface area contributed by atoms with Crippen LogP contribution in [0.2, 0.25) is 0 Å². The molecule has 0 saturated heterocycles. The van der Waals surface area contributed by atoms with Crippen LogP contribution in [0.15, 0.2) is 41.3 Å². The molecule has 72 valence electrons. The van der Waals surface area contributed by atoms with Gasteiger partial charge < -0.3 is 4.74 Å². The summed E-state index contributed by atoms with van der Waals surface area (Å²) in [6.45, 7) is 0. The predicted octanol–water partition coefficient (Wildman–Crippen LogP) is 3.57. The average Bonchev–Trinajstić information content (AvgIpc) is 2.27. The largest absolute Gasteiger partial charge is 0.496 e. The summed E-state index contributed by atoms with van der Waals surface area (Å²) in [6.07, 6.45) is 2.07. The zero-order chi connectivity index (χ0) is 9.97. The molecule has 0 fully saturated rings. The SMILES string of the molecule is COc1cc(S[13CH3])cc2ccccc12. The fourth-order valence-electron chi connectivity index (χ4n) is 1.54. The highest BCUT2D eigenvalue weighted by Gasteiger charge is 2.02. The molecule has 1 nitrogen and oxygen atoms in total. The summed E-state index contributed by atoms with van der Waals surface area (Å²) in [7, 11) is 1.71. The summed E-state index contributed by atoms with van der Waals surface area (Å²) in [5.41, 5.74) is 0. The normalized spacial score (nSPS) is 10.4. The van der Waals surface area contributed by atoms with E-state index >= 15 is 0 Å². The fraction of sp³-hybridized carbons (Fsp3) is 0.167. The van der Waals surface area contributed by atoms with Gasteiger partial charge in [-0.2, -0.15) is 0 Å². The van der Waals surface area contributed by atoms with E-state index in [1.54, 1.807) is 18.9 Å². The molecule has 2 rings (SSSR count). The van der Waals surface area contributed by atoms with Crippen molar-refractivity contribution in [3.8, 4) is 5.75 Å². The third kappa shape index (κ3) is 1.58. The number of hydrogen-bond donors (Lipinski definition) is 0. The molecule has 0 unspecified atom stereocenters. The molecule has 2 aromatic rings. The van der Waals surface area contributed by atoms with Crippen LogP contribution >= 0.6 is 11.8 Å². The van der Waals surface area contributed by atoms with E-state index < -0.39 is 0 Å². The van der Waals surface area contributed by atoms with E-state index in [1.807, 2.05) is 12.1 Å². The van der Waals surface area contributed by atoms with E-state index in [2.05, 4.69) is 30.5 Å². The first-order chi connectivity index (χ1) is 6.85. The van der Waals surface area contributed by atoms with Gasteiger partial charge in [-0.3, -0.25) is 0 Å². The molecule has 2 heteroatoms. The number of ether oxygens (including phenoxy) is 1. The zero-order valence-electron chi connectivity index (χ0n) is 8.28. The lowest BCUT2D eigenvalue weighted by Gasteiger charge is -2.07. The van der Waals surface area contributed by atoms with E-state index in [0.717, 1.165) is 5.75 Å². The maximum absolute atomic E-state index is 5.36. The molecular weight excluding hydrogens is 193 g/mol. The van der Waals surface area contributed by atoms with Crippen LogP contribution in [0, 0.1) is 0 Å². The molecule has 0 saturated carbocycles. The Balaban J connectivity index is 2.73. The summed E-state index contributed by atoms with van der Waals surface area (Å²) in [5.74, 6) is 0.951. The lowest BCUT2D eigenvalue weighted by atomic mass is 10.1. The van der Waals surface area contributed by atoms with Crippen molar-refractivity contribution >= 4 is 22.5 Å². The van der Waals surface area contributed by atoms with Crippen LogP contribution in [0.3, 0.4) is 0 Å². The Kier molecular flexibility index (Phi) is 2.64. The molecule has 0 N–H and O–H groups in total. The first-order valence-corrected chi connectivity index (χ1v) is 5.68. The Morgan fingerprint density at radius 1 is 1.14 bits per heavy atom. The smallest absolute Gasteiger partial charge is 0.127 e. The molecule has 0 bridgehead atoms. The summed E-state index contributed by atoms with van der Waals surface area (Å²) < 4.78 is 5.36. The standard InChI is InChI=1S/C12H12OS/c1-13-12-8-10(14-2)7-9-5-3-4-6-11(9)12/h3-8H,1-2H3/i2+1. The highest BCUT2D eigenvalue weighted by atomic mass is 32.2. The lowest BCUT2D eigenvalue weighted by molar-refractivity contribution is 0.419. The van der Waals surface area contributed by atoms with Crippen molar-refractivity contribution in [2.24, 2.45) is 0 Å². The van der Waals surface area contributed by atoms with Crippen LogP contribution in [-0.2, 0) is 0 Å². The molecule has 0 spiro atoms. The fourth-order valence-corrected chi connectivity index (χ4v) is 2.01. The van der Waals surface area contributed by atoms with E-state index in [0.29, 0.717) is 0 Å². The lowest BCUT2D eigenvalue weighted by Crippen LogP contribution is -1.85. The molecule has 0 amide bonds. The average molecular weight is 205 g/mol. The summed E-state index contributed by atoms with van der Waals surface area (Å²) >= 11 is 1.73. The van der Waals surface area contributed by atoms with Crippen molar-refractivity contribution in [2.75, 3.05) is 13.4 Å². The minimum Gasteiger partial charge on any atom is -0.496 e. The minimum atomic E-state index is 0.951. The van der Waals surface area contributed by atoms with Crippen LogP contribution in [0.5, 0.6) is 5.75 Å². The summed E-state index contributed by atoms with van der Waals surface area (Å²) in [5, 5.41) is 2.41. The molecule has 14 heavy (non-hydrogen) atoms. The Morgan fingerprint density at radius 3 is 2.64 bits per heavy atom. The number of hydrogen-bond acceptors (Lipinski definition) is 2. The van der Waals surface area contributed by atoms with Crippen LogP contribution < -0.4 is 4.74 Å². The third-order valence-corrected chi connectivity index (χ3v) is 2.96. The Labute approximate surface area is 88.1 Å². The number of thioether (sulfide) groups is 1. The quantitative estimate of drug-likeness (QED) is 0.547. The maximum atomic E-state index is 5.36. The molecule has 0 atom stereocenters. The number of fused-ring (bicyclic) bond motifs is 1. The van der Waals surface area contributed by atoms with Gasteiger partial charge in [0.05, 0.1) is 7.11 Å². The number of rotatable bonds is 2. The first-order valence-electron chi connectivity index (χ1n) is 4.46. The topological polar surface area (TPSA) is 9.23 Å². The summed E-state index contributed by atoms with van der Waals surface area (Å²) in [6, 6.07) is 12.5. The first kappa shape index (κ1) is 9.41. The van der Waals surface area contributed by atoms with Gasteiger partial charge in [-0.25, -0.2) is 0 Å². The maximum Gasteiger partial charge on any atom is 0.127 e. The van der Waals surface area contributed by atoms with Crippen molar-refractivity contribution in [3.63, 3.8) is 0 Å². The van der Waals surface area contributed by atoms with Gasteiger partial charge in [-0.05, 0) is 23.8 Å². The van der Waals surface area contributed by atoms with Gasteiger partial charge in [0.15, 0.2) is 0 Å². The zero-order valence-corrected chi connectivity index (χ0v) is 9.10. The van der Waals surface area contributed by atoms with E-state index in [-0.39, 0.29) is 0 Å². The van der Waals surface area contributed by atoms with Crippen LogP contribution in [0.4, 0.5) is 0 Å². The van der Waals surface area contributed by atoms with Gasteiger partial charge in [-0.15, -0.1) is 11.8 Å². The Morgan fingerprint density at radius 2 is 1.93 bits per heavy atom. The van der Waals surface area contributed by atoms with Crippen molar-refractivity contribution < 1.29 is 4.74 Å². The second kappa shape index (κ2) is 3.93. The van der Waals surface area contributed by atoms with Crippen molar-refractivity contribution in [1.29, 1.82) is 0 Å². The van der Waals surface area contributed by atoms with E-state index in [9.17, 15) is 0 Å². The molecule has 0 aliphatic heterocycles. The van der Waals surface area contributed by atoms with Crippen molar-refractivity contribution in [3.05, 3.63) is 36.4 Å². The predicted molar refractivity (Wildman–Crippen MR) is 62.3 cm³/mol. The van der Waals surface area contributed by atoms with E-state index in [4.69, 9.17) is 4.74 Å². The highest BCUT2D eigenvalue weighted by Crippen LogP contribution is 2.30. The number of benzene rings is 2. The van der Waals surface area contributed by atoms with E-state index in [1.165, 1.54) is 15.7 Å². The van der Waals surface area contributed by atoms with Gasteiger partial charge >= 0.3 is 0 Å². The van der Waals surface area contributed by atoms with Gasteiger partial charge in [0.25, 0.3) is 0 Å². The molecule has 0 heterocycles. The van der Waals surface area contributed by atoms with Crippen LogP contribution in [-0.4, -0.2) is 13.4 Å². The molecule has 0 radical (unpaired) electrons. The molecule has 0 aromatic heterocycles. The van der Waals surface area contributed by atoms with Gasteiger partial charge in [-0.1, -0.05) is 24.3 Å². The van der Waals surface area contributed by atoms with Gasteiger partial charge in [0, 0.05) is 10.3 Å². The molecule has 0 aliphatic carbocycles. The Bertz CT molecular complexity index is 451. The third-order valence-electron chi connectivity index (χ3n) is 2.25. The van der Waals surface area contributed by atoms with Gasteiger partial charge in [0.2, 0.25) is 0 Å². The minimum absolute atomic E-state index is 0.951. The Hall–Kier alpha value is -1.15. The monoisotopic (exact) mass is 205 g/mol. The molecular formula is C12H12OS. The molecule has 0 aliphatic rings. The highest BCUT2D eigenvalue weighted by molar-refractivity contribution is 7.98. The van der Waals surface area contributed by atoms with Crippen molar-refractivity contribution in [2.45, 2.75) is 4.90 Å². The number of methoxy groups -OCH3 is 1.